The number of aromatic amines is 1. The molecule has 162 valence electrons. The van der Waals surface area contributed by atoms with Gasteiger partial charge in [0.05, 0.1) is 23.3 Å². The third-order valence-corrected chi connectivity index (χ3v) is 6.34. The molecular weight excluding hydrogens is 404 g/mol. The number of piperidine rings is 1. The molecular formula is C25H24N4O3. The van der Waals surface area contributed by atoms with Crippen LogP contribution in [0, 0.1) is 0 Å². The van der Waals surface area contributed by atoms with Crippen molar-refractivity contribution in [3.63, 3.8) is 0 Å². The van der Waals surface area contributed by atoms with Gasteiger partial charge in [0, 0.05) is 36.3 Å². The van der Waals surface area contributed by atoms with Gasteiger partial charge in [0.15, 0.2) is 17.4 Å². The molecule has 2 unspecified atom stereocenters. The van der Waals surface area contributed by atoms with Crippen molar-refractivity contribution in [2.45, 2.75) is 31.7 Å². The van der Waals surface area contributed by atoms with Crippen LogP contribution in [0.25, 0.3) is 22.6 Å². The number of pyridine rings is 1. The Morgan fingerprint density at radius 2 is 2.00 bits per heavy atom. The van der Waals surface area contributed by atoms with E-state index in [1.807, 2.05) is 54.7 Å². The molecule has 0 saturated carbocycles. The number of hydrogen-bond donors (Lipinski definition) is 1. The van der Waals surface area contributed by atoms with Crippen LogP contribution < -0.4 is 14.4 Å². The Morgan fingerprint density at radius 3 is 2.81 bits per heavy atom. The maximum Gasteiger partial charge on any atom is 0.231 e. The number of nitrogens with zero attached hydrogens (tertiary/aromatic N) is 3. The van der Waals surface area contributed by atoms with Crippen molar-refractivity contribution in [3.8, 4) is 34.1 Å². The zero-order valence-corrected chi connectivity index (χ0v) is 17.8. The summed E-state index contributed by atoms with van der Waals surface area (Å²) in [4.78, 5) is 15.6. The Kier molecular flexibility index (Phi) is 4.60. The maximum absolute atomic E-state index is 5.63. The van der Waals surface area contributed by atoms with Gasteiger partial charge in [-0.15, -0.1) is 0 Å². The molecule has 4 aromatic rings. The summed E-state index contributed by atoms with van der Waals surface area (Å²) >= 11 is 0. The smallest absolute Gasteiger partial charge is 0.231 e. The Hall–Kier alpha value is -3.74. The molecule has 1 N–H and O–H groups in total. The average molecular weight is 428 g/mol. The van der Waals surface area contributed by atoms with E-state index in [2.05, 4.69) is 21.8 Å². The van der Waals surface area contributed by atoms with Gasteiger partial charge in [0.25, 0.3) is 0 Å². The molecule has 7 nitrogen and oxygen atoms in total. The molecule has 32 heavy (non-hydrogen) atoms. The number of imidazole rings is 1. The second-order valence-electron chi connectivity index (χ2n) is 8.34. The van der Waals surface area contributed by atoms with E-state index < -0.39 is 0 Å². The lowest BCUT2D eigenvalue weighted by Crippen LogP contribution is -2.40. The minimum Gasteiger partial charge on any atom is -0.454 e. The first-order valence-electron chi connectivity index (χ1n) is 11.0. The van der Waals surface area contributed by atoms with Crippen LogP contribution in [0.2, 0.25) is 0 Å². The van der Waals surface area contributed by atoms with Crippen molar-refractivity contribution in [2.75, 3.05) is 18.2 Å². The summed E-state index contributed by atoms with van der Waals surface area (Å²) < 4.78 is 16.7. The summed E-state index contributed by atoms with van der Waals surface area (Å²) in [5.74, 6) is 3.79. The van der Waals surface area contributed by atoms with E-state index in [0.717, 1.165) is 65.2 Å². The molecule has 0 radical (unpaired) electrons. The fourth-order valence-electron chi connectivity index (χ4n) is 4.71. The molecule has 0 aliphatic carbocycles. The van der Waals surface area contributed by atoms with Gasteiger partial charge in [-0.1, -0.05) is 6.07 Å². The number of fused-ring (bicyclic) bond motifs is 1. The quantitative estimate of drug-likeness (QED) is 0.479. The Balaban J connectivity index is 1.35. The van der Waals surface area contributed by atoms with E-state index in [4.69, 9.17) is 18.9 Å². The molecule has 2 aliphatic rings. The fraction of sp³-hybridized carbons (Fsp3) is 0.280. The highest BCUT2D eigenvalue weighted by atomic mass is 16.7. The Labute approximate surface area is 186 Å². The first-order valence-corrected chi connectivity index (χ1v) is 11.0. The van der Waals surface area contributed by atoms with Gasteiger partial charge in [-0.3, -0.25) is 4.98 Å². The first kappa shape index (κ1) is 19.0. The number of nitrogens with one attached hydrogen (secondary N) is 1. The van der Waals surface area contributed by atoms with Crippen molar-refractivity contribution >= 4 is 5.88 Å². The molecule has 6 rings (SSSR count). The monoisotopic (exact) mass is 428 g/mol. The number of hydrogen-bond acceptors (Lipinski definition) is 6. The number of benzene rings is 1. The topological polar surface area (TPSA) is 76.4 Å². The zero-order valence-electron chi connectivity index (χ0n) is 17.8. The molecule has 0 bridgehead atoms. The van der Waals surface area contributed by atoms with E-state index in [1.165, 1.54) is 0 Å². The van der Waals surface area contributed by atoms with Gasteiger partial charge in [-0.05, 0) is 56.2 Å². The van der Waals surface area contributed by atoms with Crippen LogP contribution in [0.4, 0.5) is 5.88 Å². The van der Waals surface area contributed by atoms with Crippen LogP contribution in [0.5, 0.6) is 11.5 Å². The summed E-state index contributed by atoms with van der Waals surface area (Å²) in [6.07, 6.45) is 5.54. The minimum atomic E-state index is 0.254. The van der Waals surface area contributed by atoms with Crippen LogP contribution in [0.3, 0.4) is 0 Å². The highest BCUT2D eigenvalue weighted by Gasteiger charge is 2.31. The standard InChI is InChI=1S/C25H24N4O3/c1-16-13-18(9-11-29(16)22-6-4-12-30-22)25-27-23(24(28-25)19-5-2-3-10-26-19)17-7-8-20-21(14-17)32-15-31-20/h2-8,10,12,14,16,18H,9,11,13,15H2,1H3,(H,27,28). The summed E-state index contributed by atoms with van der Waals surface area (Å²) in [7, 11) is 0. The summed E-state index contributed by atoms with van der Waals surface area (Å²) in [6, 6.07) is 16.2. The van der Waals surface area contributed by atoms with Crippen molar-refractivity contribution in [1.29, 1.82) is 0 Å². The van der Waals surface area contributed by atoms with Gasteiger partial charge in [0.2, 0.25) is 6.79 Å². The fourth-order valence-corrected chi connectivity index (χ4v) is 4.71. The lowest BCUT2D eigenvalue weighted by atomic mass is 9.91. The third-order valence-electron chi connectivity index (χ3n) is 6.34. The predicted octanol–water partition coefficient (Wildman–Crippen LogP) is 5.23. The normalized spacial score (nSPS) is 20.0. The largest absolute Gasteiger partial charge is 0.454 e. The number of anilines is 1. The first-order chi connectivity index (χ1) is 15.8. The number of H-pyrrole nitrogens is 1. The number of furan rings is 1. The summed E-state index contributed by atoms with van der Waals surface area (Å²) in [5.41, 5.74) is 3.68. The molecule has 5 heterocycles. The van der Waals surface area contributed by atoms with E-state index in [-0.39, 0.29) is 6.79 Å². The van der Waals surface area contributed by atoms with E-state index >= 15 is 0 Å². The SMILES string of the molecule is CC1CC(c2nc(-c3ccc4c(c3)OCO4)c(-c3ccccn3)[nH]2)CCN1c1ccco1. The molecule has 0 spiro atoms. The minimum absolute atomic E-state index is 0.254. The molecule has 2 aliphatic heterocycles. The number of rotatable bonds is 4. The van der Waals surface area contributed by atoms with Crippen LogP contribution in [-0.4, -0.2) is 34.3 Å². The lowest BCUT2D eigenvalue weighted by molar-refractivity contribution is 0.174. The lowest BCUT2D eigenvalue weighted by Gasteiger charge is -2.36. The highest BCUT2D eigenvalue weighted by Crippen LogP contribution is 2.40. The summed E-state index contributed by atoms with van der Waals surface area (Å²) in [5, 5.41) is 0. The van der Waals surface area contributed by atoms with Crippen LogP contribution >= 0.6 is 0 Å². The van der Waals surface area contributed by atoms with Gasteiger partial charge in [-0.2, -0.15) is 0 Å². The maximum atomic E-state index is 5.63. The second kappa shape index (κ2) is 7.75. The van der Waals surface area contributed by atoms with Crippen LogP contribution in [0.15, 0.2) is 65.4 Å². The van der Waals surface area contributed by atoms with Crippen molar-refractivity contribution in [1.82, 2.24) is 15.0 Å². The Morgan fingerprint density at radius 1 is 1.06 bits per heavy atom. The van der Waals surface area contributed by atoms with E-state index in [1.54, 1.807) is 6.26 Å². The molecule has 2 atom stereocenters. The van der Waals surface area contributed by atoms with E-state index in [9.17, 15) is 0 Å². The number of aromatic nitrogens is 3. The molecule has 1 aromatic carbocycles. The van der Waals surface area contributed by atoms with Crippen LogP contribution in [0.1, 0.15) is 31.5 Å². The van der Waals surface area contributed by atoms with E-state index in [0.29, 0.717) is 12.0 Å². The van der Waals surface area contributed by atoms with Crippen molar-refractivity contribution < 1.29 is 13.9 Å². The summed E-state index contributed by atoms with van der Waals surface area (Å²) in [6.45, 7) is 3.43. The van der Waals surface area contributed by atoms with Gasteiger partial charge in [0.1, 0.15) is 5.82 Å². The Bertz CT molecular complexity index is 1220. The van der Waals surface area contributed by atoms with Gasteiger partial charge >= 0.3 is 0 Å². The van der Waals surface area contributed by atoms with Gasteiger partial charge in [-0.25, -0.2) is 4.98 Å². The molecule has 1 saturated heterocycles. The van der Waals surface area contributed by atoms with Crippen LogP contribution in [-0.2, 0) is 0 Å². The third kappa shape index (κ3) is 3.30. The molecule has 7 heteroatoms. The zero-order chi connectivity index (χ0) is 21.5. The molecule has 1 fully saturated rings. The van der Waals surface area contributed by atoms with Crippen molar-refractivity contribution in [2.24, 2.45) is 0 Å². The second-order valence-corrected chi connectivity index (χ2v) is 8.34. The van der Waals surface area contributed by atoms with Crippen molar-refractivity contribution in [3.05, 3.63) is 66.8 Å². The van der Waals surface area contributed by atoms with Gasteiger partial charge < -0.3 is 23.8 Å². The molecule has 0 amide bonds. The number of ether oxygens (including phenoxy) is 2. The molecule has 3 aromatic heterocycles. The average Bonchev–Trinajstić information content (AvgIpc) is 3.59. The predicted molar refractivity (Wildman–Crippen MR) is 121 cm³/mol. The highest BCUT2D eigenvalue weighted by molar-refractivity contribution is 5.78.